The number of benzene rings is 1. The Morgan fingerprint density at radius 3 is 2.38 bits per heavy atom. The highest BCUT2D eigenvalue weighted by molar-refractivity contribution is 6.30. The molecule has 170 valence electrons. The summed E-state index contributed by atoms with van der Waals surface area (Å²) >= 11 is 6.08. The Morgan fingerprint density at radius 1 is 1.12 bits per heavy atom. The number of hydrogen-bond donors (Lipinski definition) is 1. The molecule has 1 fully saturated rings. The number of nitrogens with zero attached hydrogens (tertiary/aromatic N) is 5. The smallest absolute Gasteiger partial charge is 0.475 e. The minimum Gasteiger partial charge on any atom is -0.475 e. The van der Waals surface area contributed by atoms with Crippen LogP contribution in [0.15, 0.2) is 42.7 Å². The van der Waals surface area contributed by atoms with E-state index in [9.17, 15) is 18.0 Å². The van der Waals surface area contributed by atoms with E-state index in [1.807, 2.05) is 48.4 Å². The van der Waals surface area contributed by atoms with Crippen LogP contribution in [0.1, 0.15) is 16.2 Å². The van der Waals surface area contributed by atoms with Crippen LogP contribution in [0, 0.1) is 6.92 Å². The number of carbonyl (C=O) groups is 2. The van der Waals surface area contributed by atoms with Crippen LogP contribution in [0.4, 0.5) is 18.9 Å². The van der Waals surface area contributed by atoms with Gasteiger partial charge in [-0.3, -0.25) is 9.20 Å². The first-order chi connectivity index (χ1) is 15.1. The number of carboxylic acids is 1. The third kappa shape index (κ3) is 5.28. The third-order valence-corrected chi connectivity index (χ3v) is 5.00. The fraction of sp³-hybridized carbons (Fsp3) is 0.300. The van der Waals surface area contributed by atoms with Gasteiger partial charge in [-0.1, -0.05) is 17.7 Å². The maximum absolute atomic E-state index is 13.0. The number of rotatable bonds is 2. The molecule has 1 N–H and O–H groups in total. The molecule has 1 aromatic carbocycles. The molecule has 0 atom stereocenters. The van der Waals surface area contributed by atoms with Crippen molar-refractivity contribution in [2.24, 2.45) is 0 Å². The van der Waals surface area contributed by atoms with Gasteiger partial charge >= 0.3 is 12.1 Å². The van der Waals surface area contributed by atoms with Crippen LogP contribution in [-0.4, -0.2) is 68.6 Å². The lowest BCUT2D eigenvalue weighted by molar-refractivity contribution is -0.192. The van der Waals surface area contributed by atoms with E-state index in [2.05, 4.69) is 14.9 Å². The van der Waals surface area contributed by atoms with E-state index < -0.39 is 12.1 Å². The van der Waals surface area contributed by atoms with Gasteiger partial charge in [-0.25, -0.2) is 14.8 Å². The Labute approximate surface area is 185 Å². The number of piperazine rings is 1. The number of aryl methyl sites for hydroxylation is 1. The molecule has 0 radical (unpaired) electrons. The van der Waals surface area contributed by atoms with Gasteiger partial charge in [0.15, 0.2) is 0 Å². The van der Waals surface area contributed by atoms with Crippen molar-refractivity contribution < 1.29 is 27.9 Å². The number of carbonyl (C=O) groups excluding carboxylic acids is 1. The molecule has 0 spiro atoms. The number of fused-ring (bicyclic) bond motifs is 1. The van der Waals surface area contributed by atoms with Crippen LogP contribution in [-0.2, 0) is 4.79 Å². The van der Waals surface area contributed by atoms with Gasteiger partial charge in [-0.15, -0.1) is 0 Å². The van der Waals surface area contributed by atoms with Crippen LogP contribution in [0.3, 0.4) is 0 Å². The summed E-state index contributed by atoms with van der Waals surface area (Å²) in [6, 6.07) is 9.63. The van der Waals surface area contributed by atoms with Gasteiger partial charge in [0.2, 0.25) is 5.78 Å². The second kappa shape index (κ2) is 9.43. The molecule has 0 aliphatic carbocycles. The molecule has 1 amide bonds. The monoisotopic (exact) mass is 469 g/mol. The van der Waals surface area contributed by atoms with Crippen molar-refractivity contribution in [2.45, 2.75) is 13.1 Å². The second-order valence-corrected chi connectivity index (χ2v) is 7.33. The first kappa shape index (κ1) is 23.3. The van der Waals surface area contributed by atoms with Gasteiger partial charge in [0.05, 0.1) is 5.69 Å². The summed E-state index contributed by atoms with van der Waals surface area (Å²) in [7, 11) is 0. The number of halogens is 4. The highest BCUT2D eigenvalue weighted by Gasteiger charge is 2.38. The van der Waals surface area contributed by atoms with Crippen molar-refractivity contribution >= 4 is 34.9 Å². The lowest BCUT2D eigenvalue weighted by Crippen LogP contribution is -2.49. The van der Waals surface area contributed by atoms with Crippen molar-refractivity contribution in [2.75, 3.05) is 31.1 Å². The summed E-state index contributed by atoms with van der Waals surface area (Å²) < 4.78 is 33.5. The van der Waals surface area contributed by atoms with Gasteiger partial charge in [-0.2, -0.15) is 13.2 Å². The Kier molecular flexibility index (Phi) is 6.87. The van der Waals surface area contributed by atoms with Gasteiger partial charge in [0.1, 0.15) is 5.69 Å². The molecule has 1 aliphatic rings. The molecule has 32 heavy (non-hydrogen) atoms. The highest BCUT2D eigenvalue weighted by atomic mass is 35.5. The van der Waals surface area contributed by atoms with Crippen LogP contribution in [0.5, 0.6) is 0 Å². The number of imidazole rings is 1. The zero-order chi connectivity index (χ0) is 23.5. The standard InChI is InChI=1S/C18H18ClN5O.C2HF3O2/c1-13-16(24-7-3-6-20-18(24)21-13)17(25)23-10-8-22(9-11-23)15-5-2-4-14(19)12-15;3-2(4,5)1(6)7/h2-7,12H,8-11H2,1H3;(H,6,7). The highest BCUT2D eigenvalue weighted by Crippen LogP contribution is 2.22. The summed E-state index contributed by atoms with van der Waals surface area (Å²) in [6.07, 6.45) is -1.57. The van der Waals surface area contributed by atoms with Crippen molar-refractivity contribution in [3.05, 3.63) is 59.1 Å². The molecule has 8 nitrogen and oxygen atoms in total. The van der Waals surface area contributed by atoms with E-state index in [1.165, 1.54) is 0 Å². The molecule has 0 unspecified atom stereocenters. The van der Waals surface area contributed by atoms with Gasteiger partial charge in [-0.05, 0) is 31.2 Å². The van der Waals surface area contributed by atoms with E-state index in [-0.39, 0.29) is 5.91 Å². The van der Waals surface area contributed by atoms with Crippen LogP contribution in [0.2, 0.25) is 5.02 Å². The minimum atomic E-state index is -5.08. The predicted octanol–water partition coefficient (Wildman–Crippen LogP) is 3.29. The molecule has 12 heteroatoms. The van der Waals surface area contributed by atoms with E-state index in [4.69, 9.17) is 21.5 Å². The summed E-state index contributed by atoms with van der Waals surface area (Å²) in [6.45, 7) is 4.74. The summed E-state index contributed by atoms with van der Waals surface area (Å²) in [5.74, 6) is -2.20. The number of aliphatic carboxylic acids is 1. The number of aromatic nitrogens is 3. The second-order valence-electron chi connectivity index (χ2n) is 6.90. The van der Waals surface area contributed by atoms with Crippen LogP contribution < -0.4 is 4.90 Å². The predicted molar refractivity (Wildman–Crippen MR) is 111 cm³/mol. The summed E-state index contributed by atoms with van der Waals surface area (Å²) in [4.78, 5) is 34.6. The fourth-order valence-corrected chi connectivity index (χ4v) is 3.43. The molecule has 1 aliphatic heterocycles. The Bertz CT molecular complexity index is 1130. The maximum atomic E-state index is 13.0. The van der Waals surface area contributed by atoms with E-state index in [0.29, 0.717) is 30.3 Å². The Balaban J connectivity index is 0.000000360. The normalized spacial score (nSPS) is 14.2. The van der Waals surface area contributed by atoms with Gasteiger partial charge in [0.25, 0.3) is 5.91 Å². The molecule has 0 saturated carbocycles. The SMILES string of the molecule is Cc1nc2ncccn2c1C(=O)N1CCN(c2cccc(Cl)c2)CC1.O=C(O)C(F)(F)F. The Hall–Kier alpha value is -3.34. The van der Waals surface area contributed by atoms with Crippen LogP contribution in [0.25, 0.3) is 5.78 Å². The molecule has 4 rings (SSSR count). The zero-order valence-corrected chi connectivity index (χ0v) is 17.6. The quantitative estimate of drug-likeness (QED) is 0.619. The molecule has 2 aromatic heterocycles. The van der Waals surface area contributed by atoms with Gasteiger partial charge in [0, 0.05) is 49.3 Å². The Morgan fingerprint density at radius 2 is 1.78 bits per heavy atom. The molecule has 3 heterocycles. The van der Waals surface area contributed by atoms with E-state index in [1.54, 1.807) is 10.6 Å². The number of hydrogen-bond acceptors (Lipinski definition) is 5. The summed E-state index contributed by atoms with van der Waals surface area (Å²) in [5, 5.41) is 7.85. The number of carboxylic acid groups (broad SMARTS) is 1. The van der Waals surface area contributed by atoms with Crippen molar-refractivity contribution in [3.63, 3.8) is 0 Å². The first-order valence-electron chi connectivity index (χ1n) is 9.47. The lowest BCUT2D eigenvalue weighted by atomic mass is 10.2. The minimum absolute atomic E-state index is 0.00347. The third-order valence-electron chi connectivity index (χ3n) is 4.76. The molecule has 1 saturated heterocycles. The number of alkyl halides is 3. The molecule has 0 bridgehead atoms. The van der Waals surface area contributed by atoms with E-state index >= 15 is 0 Å². The molecular formula is C20H19ClF3N5O3. The fourth-order valence-electron chi connectivity index (χ4n) is 3.25. The largest absolute Gasteiger partial charge is 0.490 e. The number of anilines is 1. The average molecular weight is 470 g/mol. The first-order valence-corrected chi connectivity index (χ1v) is 9.85. The summed E-state index contributed by atoms with van der Waals surface area (Å²) in [5.41, 5.74) is 2.40. The number of amides is 1. The average Bonchev–Trinajstić information content (AvgIpc) is 3.09. The van der Waals surface area contributed by atoms with Crippen molar-refractivity contribution in [1.29, 1.82) is 0 Å². The zero-order valence-electron chi connectivity index (χ0n) is 16.9. The topological polar surface area (TPSA) is 91.0 Å². The van der Waals surface area contributed by atoms with E-state index in [0.717, 1.165) is 23.8 Å². The molecular weight excluding hydrogens is 451 g/mol. The van der Waals surface area contributed by atoms with Gasteiger partial charge < -0.3 is 14.9 Å². The molecule has 3 aromatic rings. The van der Waals surface area contributed by atoms with Crippen molar-refractivity contribution in [3.8, 4) is 0 Å². The van der Waals surface area contributed by atoms with Crippen LogP contribution >= 0.6 is 11.6 Å². The maximum Gasteiger partial charge on any atom is 0.490 e. The lowest BCUT2D eigenvalue weighted by Gasteiger charge is -2.36. The van der Waals surface area contributed by atoms with Crippen molar-refractivity contribution in [1.82, 2.24) is 19.3 Å².